The molecule has 0 atom stereocenters. The van der Waals surface area contributed by atoms with Gasteiger partial charge in [-0.25, -0.2) is 0 Å². The first-order valence-electron chi connectivity index (χ1n) is 5.32. The summed E-state index contributed by atoms with van der Waals surface area (Å²) in [6, 6.07) is 6.88. The van der Waals surface area contributed by atoms with Crippen molar-refractivity contribution in [1.82, 2.24) is 10.9 Å². The number of carbonyl (C=O) groups excluding carboxylic acids is 1. The third kappa shape index (κ3) is 3.79. The lowest BCUT2D eigenvalue weighted by atomic mass is 9.93. The van der Waals surface area contributed by atoms with Crippen LogP contribution < -0.4 is 10.9 Å². The van der Waals surface area contributed by atoms with Gasteiger partial charge in [-0.05, 0) is 12.1 Å². The maximum absolute atomic E-state index is 11.8. The minimum Gasteiger partial charge on any atom is -0.303 e. The number of allylic oxidation sites excluding steroid dienone is 1. The predicted octanol–water partition coefficient (Wildman–Crippen LogP) is 3.13. The average Bonchev–Trinajstić information content (AvgIpc) is 2.24. The first kappa shape index (κ1) is 13.6. The van der Waals surface area contributed by atoms with E-state index in [9.17, 15) is 4.79 Å². The normalized spacial score (nSPS) is 10.8. The largest absolute Gasteiger partial charge is 0.303 e. The van der Waals surface area contributed by atoms with Crippen LogP contribution in [-0.4, -0.2) is 5.91 Å². The zero-order valence-corrected chi connectivity index (χ0v) is 11.1. The van der Waals surface area contributed by atoms with E-state index in [4.69, 9.17) is 11.6 Å². The number of hydrogen-bond donors (Lipinski definition) is 2. The van der Waals surface area contributed by atoms with Gasteiger partial charge in [0, 0.05) is 11.1 Å². The molecule has 0 radical (unpaired) electrons. The number of amides is 1. The maximum Gasteiger partial charge on any atom is 0.271 e. The van der Waals surface area contributed by atoms with Crippen LogP contribution >= 0.6 is 11.6 Å². The molecule has 0 aliphatic rings. The average molecular weight is 253 g/mol. The SMILES string of the molecule is C=C(NNC(=O)c1ccccc1Cl)C(C)(C)C. The van der Waals surface area contributed by atoms with E-state index in [1.807, 2.05) is 20.8 Å². The third-order valence-corrected chi connectivity index (χ3v) is 2.68. The fraction of sp³-hybridized carbons (Fsp3) is 0.308. The van der Waals surface area contributed by atoms with E-state index < -0.39 is 0 Å². The highest BCUT2D eigenvalue weighted by atomic mass is 35.5. The van der Waals surface area contributed by atoms with Gasteiger partial charge >= 0.3 is 0 Å². The van der Waals surface area contributed by atoms with Crippen molar-refractivity contribution in [2.45, 2.75) is 20.8 Å². The van der Waals surface area contributed by atoms with Gasteiger partial charge in [-0.1, -0.05) is 51.1 Å². The molecule has 0 aliphatic carbocycles. The smallest absolute Gasteiger partial charge is 0.271 e. The summed E-state index contributed by atoms with van der Waals surface area (Å²) in [6.45, 7) is 9.87. The van der Waals surface area contributed by atoms with Gasteiger partial charge in [0.05, 0.1) is 10.6 Å². The molecule has 1 aromatic carbocycles. The summed E-state index contributed by atoms with van der Waals surface area (Å²) in [5, 5.41) is 0.424. The highest BCUT2D eigenvalue weighted by Crippen LogP contribution is 2.20. The van der Waals surface area contributed by atoms with Gasteiger partial charge in [0.15, 0.2) is 0 Å². The van der Waals surface area contributed by atoms with Crippen LogP contribution in [0.1, 0.15) is 31.1 Å². The first-order chi connectivity index (χ1) is 7.82. The van der Waals surface area contributed by atoms with Crippen molar-refractivity contribution in [3.63, 3.8) is 0 Å². The topological polar surface area (TPSA) is 41.1 Å². The van der Waals surface area contributed by atoms with E-state index in [-0.39, 0.29) is 11.3 Å². The van der Waals surface area contributed by atoms with E-state index in [1.165, 1.54) is 0 Å². The summed E-state index contributed by atoms with van der Waals surface area (Å²) in [5.74, 6) is -0.277. The van der Waals surface area contributed by atoms with Crippen molar-refractivity contribution in [1.29, 1.82) is 0 Å². The van der Waals surface area contributed by atoms with Crippen molar-refractivity contribution in [3.8, 4) is 0 Å². The molecule has 0 heterocycles. The Balaban J connectivity index is 2.63. The number of carbonyl (C=O) groups is 1. The standard InChI is InChI=1S/C13H17ClN2O/c1-9(13(2,3)4)15-16-12(17)10-7-5-6-8-11(10)14/h5-8,15H,1H2,2-4H3,(H,16,17). The molecule has 0 bridgehead atoms. The Morgan fingerprint density at radius 3 is 2.35 bits per heavy atom. The Hall–Kier alpha value is -1.48. The van der Waals surface area contributed by atoms with Crippen molar-refractivity contribution >= 4 is 17.5 Å². The minimum atomic E-state index is -0.277. The molecule has 92 valence electrons. The molecule has 1 rings (SSSR count). The first-order valence-corrected chi connectivity index (χ1v) is 5.70. The predicted molar refractivity (Wildman–Crippen MR) is 70.6 cm³/mol. The summed E-state index contributed by atoms with van der Waals surface area (Å²) in [5.41, 5.74) is 6.42. The van der Waals surface area contributed by atoms with Crippen LogP contribution in [0.15, 0.2) is 36.5 Å². The quantitative estimate of drug-likeness (QED) is 0.812. The lowest BCUT2D eigenvalue weighted by Crippen LogP contribution is -2.39. The van der Waals surface area contributed by atoms with E-state index in [0.717, 1.165) is 5.70 Å². The Bertz CT molecular complexity index is 435. The number of hydrogen-bond acceptors (Lipinski definition) is 2. The summed E-state index contributed by atoms with van der Waals surface area (Å²) in [7, 11) is 0. The third-order valence-electron chi connectivity index (χ3n) is 2.35. The number of benzene rings is 1. The van der Waals surface area contributed by atoms with Crippen molar-refractivity contribution in [3.05, 3.63) is 47.1 Å². The second-order valence-corrected chi connectivity index (χ2v) is 5.19. The minimum absolute atomic E-state index is 0.117. The van der Waals surface area contributed by atoms with Crippen LogP contribution in [-0.2, 0) is 0 Å². The van der Waals surface area contributed by atoms with Gasteiger partial charge in [-0.15, -0.1) is 0 Å². The monoisotopic (exact) mass is 252 g/mol. The van der Waals surface area contributed by atoms with Crippen LogP contribution in [0.4, 0.5) is 0 Å². The maximum atomic E-state index is 11.8. The van der Waals surface area contributed by atoms with Crippen LogP contribution in [0.5, 0.6) is 0 Å². The summed E-state index contributed by atoms with van der Waals surface area (Å²) >= 11 is 5.91. The van der Waals surface area contributed by atoms with Gasteiger partial charge in [0.25, 0.3) is 5.91 Å². The number of halogens is 1. The summed E-state index contributed by atoms with van der Waals surface area (Å²) in [6.07, 6.45) is 0. The molecule has 2 N–H and O–H groups in total. The van der Waals surface area contributed by atoms with Gasteiger partial charge in [0.1, 0.15) is 0 Å². The molecule has 17 heavy (non-hydrogen) atoms. The molecule has 0 saturated heterocycles. The van der Waals surface area contributed by atoms with E-state index in [1.54, 1.807) is 24.3 Å². The van der Waals surface area contributed by atoms with E-state index >= 15 is 0 Å². The van der Waals surface area contributed by atoms with Crippen molar-refractivity contribution in [2.75, 3.05) is 0 Å². The molecule has 0 spiro atoms. The molecule has 3 nitrogen and oxygen atoms in total. The van der Waals surface area contributed by atoms with Gasteiger partial charge in [0.2, 0.25) is 0 Å². The molecule has 1 amide bonds. The highest BCUT2D eigenvalue weighted by Gasteiger charge is 2.16. The van der Waals surface area contributed by atoms with Crippen molar-refractivity contribution < 1.29 is 4.79 Å². The van der Waals surface area contributed by atoms with Crippen molar-refractivity contribution in [2.24, 2.45) is 5.41 Å². The molecular weight excluding hydrogens is 236 g/mol. The molecule has 0 unspecified atom stereocenters. The fourth-order valence-corrected chi connectivity index (χ4v) is 1.25. The molecular formula is C13H17ClN2O. The van der Waals surface area contributed by atoms with Gasteiger partial charge < -0.3 is 5.43 Å². The van der Waals surface area contributed by atoms with Crippen LogP contribution in [0, 0.1) is 5.41 Å². The van der Waals surface area contributed by atoms with Crippen LogP contribution in [0.3, 0.4) is 0 Å². The molecule has 1 aromatic rings. The van der Waals surface area contributed by atoms with Gasteiger partial charge in [-0.3, -0.25) is 10.2 Å². The van der Waals surface area contributed by atoms with E-state index in [2.05, 4.69) is 17.4 Å². The molecule has 0 saturated carbocycles. The van der Waals surface area contributed by atoms with Crippen LogP contribution in [0.25, 0.3) is 0 Å². The molecule has 0 aromatic heterocycles. The zero-order valence-electron chi connectivity index (χ0n) is 10.3. The lowest BCUT2D eigenvalue weighted by molar-refractivity contribution is 0.0936. The second-order valence-electron chi connectivity index (χ2n) is 4.79. The van der Waals surface area contributed by atoms with Gasteiger partial charge in [-0.2, -0.15) is 0 Å². The highest BCUT2D eigenvalue weighted by molar-refractivity contribution is 6.33. The Morgan fingerprint density at radius 1 is 1.24 bits per heavy atom. The molecule has 0 fully saturated rings. The molecule has 4 heteroatoms. The fourth-order valence-electron chi connectivity index (χ4n) is 1.03. The number of nitrogens with one attached hydrogen (secondary N) is 2. The zero-order chi connectivity index (χ0) is 13.1. The Kier molecular flexibility index (Phi) is 4.18. The summed E-state index contributed by atoms with van der Waals surface area (Å²) < 4.78 is 0. The second kappa shape index (κ2) is 5.23. The Labute approximate surface area is 107 Å². The van der Waals surface area contributed by atoms with Crippen LogP contribution in [0.2, 0.25) is 5.02 Å². The number of hydrazine groups is 1. The summed E-state index contributed by atoms with van der Waals surface area (Å²) in [4.78, 5) is 11.8. The van der Waals surface area contributed by atoms with E-state index in [0.29, 0.717) is 10.6 Å². The Morgan fingerprint density at radius 2 is 1.82 bits per heavy atom. The number of rotatable bonds is 3. The lowest BCUT2D eigenvalue weighted by Gasteiger charge is -2.23. The molecule has 0 aliphatic heterocycles.